The highest BCUT2D eigenvalue weighted by molar-refractivity contribution is 6.31. The minimum absolute atomic E-state index is 0.391. The topological polar surface area (TPSA) is 50.2 Å². The molecule has 2 rings (SSSR count). The maximum Gasteiger partial charge on any atom is 0.311 e. The van der Waals surface area contributed by atoms with Crippen molar-refractivity contribution in [3.8, 4) is 0 Å². The van der Waals surface area contributed by atoms with E-state index in [0.717, 1.165) is 11.1 Å². The fourth-order valence-corrected chi connectivity index (χ4v) is 2.21. The molecule has 0 amide bonds. The number of rotatable bonds is 4. The van der Waals surface area contributed by atoms with Gasteiger partial charge < -0.3 is 5.11 Å². The number of aryl methyl sites for hydroxylation is 1. The highest BCUT2D eigenvalue weighted by atomic mass is 35.5. The molecule has 19 heavy (non-hydrogen) atoms. The van der Waals surface area contributed by atoms with Crippen molar-refractivity contribution in [2.24, 2.45) is 0 Å². The standard InChI is InChI=1S/C15H14ClNO2/c1-10-2-4-11(5-3-10)8-13(15(18)19)12-6-7-17-9-14(12)16/h2-7,9,13H,8H2,1H3,(H,18,19). The average molecular weight is 276 g/mol. The van der Waals surface area contributed by atoms with E-state index in [0.29, 0.717) is 17.0 Å². The van der Waals surface area contributed by atoms with E-state index >= 15 is 0 Å². The zero-order valence-electron chi connectivity index (χ0n) is 10.5. The van der Waals surface area contributed by atoms with E-state index in [4.69, 9.17) is 11.6 Å². The second kappa shape index (κ2) is 5.85. The molecule has 0 spiro atoms. The Balaban J connectivity index is 2.29. The number of carboxylic acids is 1. The third kappa shape index (κ3) is 3.32. The number of carbonyl (C=O) groups is 1. The lowest BCUT2D eigenvalue weighted by molar-refractivity contribution is -0.138. The lowest BCUT2D eigenvalue weighted by atomic mass is 9.92. The van der Waals surface area contributed by atoms with Crippen LogP contribution < -0.4 is 0 Å². The molecule has 1 N–H and O–H groups in total. The van der Waals surface area contributed by atoms with Crippen LogP contribution in [-0.4, -0.2) is 16.1 Å². The number of nitrogens with zero attached hydrogens (tertiary/aromatic N) is 1. The van der Waals surface area contributed by atoms with Crippen molar-refractivity contribution < 1.29 is 9.90 Å². The van der Waals surface area contributed by atoms with Crippen molar-refractivity contribution >= 4 is 17.6 Å². The Bertz CT molecular complexity index is 581. The van der Waals surface area contributed by atoms with Crippen LogP contribution >= 0.6 is 11.6 Å². The molecular formula is C15H14ClNO2. The van der Waals surface area contributed by atoms with Crippen LogP contribution in [0.2, 0.25) is 5.02 Å². The summed E-state index contributed by atoms with van der Waals surface area (Å²) in [5, 5.41) is 9.78. The molecule has 0 aliphatic carbocycles. The third-order valence-electron chi connectivity index (χ3n) is 3.04. The molecule has 1 heterocycles. The highest BCUT2D eigenvalue weighted by Gasteiger charge is 2.22. The molecule has 0 aliphatic rings. The Morgan fingerprint density at radius 3 is 2.58 bits per heavy atom. The maximum atomic E-state index is 11.4. The summed E-state index contributed by atoms with van der Waals surface area (Å²) in [5.74, 6) is -1.54. The Kier molecular flexibility index (Phi) is 4.17. The van der Waals surface area contributed by atoms with Gasteiger partial charge in [0.1, 0.15) is 0 Å². The van der Waals surface area contributed by atoms with Gasteiger partial charge in [-0.15, -0.1) is 0 Å². The van der Waals surface area contributed by atoms with E-state index in [2.05, 4.69) is 4.98 Å². The number of aromatic nitrogens is 1. The summed E-state index contributed by atoms with van der Waals surface area (Å²) in [7, 11) is 0. The van der Waals surface area contributed by atoms with Crippen molar-refractivity contribution in [1.29, 1.82) is 0 Å². The number of benzene rings is 1. The molecule has 0 aliphatic heterocycles. The normalized spacial score (nSPS) is 12.1. The van der Waals surface area contributed by atoms with Crippen molar-refractivity contribution in [2.75, 3.05) is 0 Å². The predicted octanol–water partition coefficient (Wildman–Crippen LogP) is 3.45. The molecule has 98 valence electrons. The summed E-state index contributed by atoms with van der Waals surface area (Å²) < 4.78 is 0. The minimum Gasteiger partial charge on any atom is -0.481 e. The quantitative estimate of drug-likeness (QED) is 0.930. The Morgan fingerprint density at radius 2 is 2.00 bits per heavy atom. The van der Waals surface area contributed by atoms with E-state index in [9.17, 15) is 9.90 Å². The van der Waals surface area contributed by atoms with Crippen LogP contribution in [0.5, 0.6) is 0 Å². The first-order valence-electron chi connectivity index (χ1n) is 5.95. The van der Waals surface area contributed by atoms with Gasteiger partial charge in [0.05, 0.1) is 10.9 Å². The maximum absolute atomic E-state index is 11.4. The molecular weight excluding hydrogens is 262 g/mol. The average Bonchev–Trinajstić information content (AvgIpc) is 2.39. The van der Waals surface area contributed by atoms with Crippen LogP contribution in [0, 0.1) is 6.92 Å². The molecule has 0 fully saturated rings. The predicted molar refractivity (Wildman–Crippen MR) is 74.5 cm³/mol. The molecule has 3 nitrogen and oxygen atoms in total. The van der Waals surface area contributed by atoms with Gasteiger partial charge in [-0.1, -0.05) is 41.4 Å². The second-order valence-corrected chi connectivity index (χ2v) is 4.88. The van der Waals surface area contributed by atoms with Gasteiger partial charge in [-0.05, 0) is 30.5 Å². The van der Waals surface area contributed by atoms with Crippen molar-refractivity contribution in [3.05, 3.63) is 64.4 Å². The number of aliphatic carboxylic acids is 1. The van der Waals surface area contributed by atoms with Crippen LogP contribution in [0.15, 0.2) is 42.7 Å². The van der Waals surface area contributed by atoms with Gasteiger partial charge >= 0.3 is 5.97 Å². The van der Waals surface area contributed by atoms with Gasteiger partial charge in [-0.25, -0.2) is 0 Å². The zero-order valence-corrected chi connectivity index (χ0v) is 11.3. The second-order valence-electron chi connectivity index (χ2n) is 4.48. The summed E-state index contributed by atoms with van der Waals surface area (Å²) in [4.78, 5) is 15.3. The monoisotopic (exact) mass is 275 g/mol. The van der Waals surface area contributed by atoms with Gasteiger partial charge in [0.15, 0.2) is 0 Å². The minimum atomic E-state index is -0.881. The summed E-state index contributed by atoms with van der Waals surface area (Å²) in [5.41, 5.74) is 2.73. The zero-order chi connectivity index (χ0) is 13.8. The summed E-state index contributed by atoms with van der Waals surface area (Å²) >= 11 is 6.03. The van der Waals surface area contributed by atoms with E-state index in [1.54, 1.807) is 12.3 Å². The summed E-state index contributed by atoms with van der Waals surface area (Å²) in [6.45, 7) is 2.00. The first-order chi connectivity index (χ1) is 9.08. The van der Waals surface area contributed by atoms with Gasteiger partial charge in [0, 0.05) is 12.4 Å². The van der Waals surface area contributed by atoms with E-state index in [1.165, 1.54) is 6.20 Å². The molecule has 0 saturated carbocycles. The Morgan fingerprint density at radius 1 is 1.32 bits per heavy atom. The molecule has 2 aromatic rings. The summed E-state index contributed by atoms with van der Waals surface area (Å²) in [6, 6.07) is 9.50. The van der Waals surface area contributed by atoms with Crippen LogP contribution in [0.25, 0.3) is 0 Å². The fraction of sp³-hybridized carbons (Fsp3) is 0.200. The molecule has 0 saturated heterocycles. The fourth-order valence-electron chi connectivity index (χ4n) is 1.96. The molecule has 4 heteroatoms. The first kappa shape index (κ1) is 13.6. The lowest BCUT2D eigenvalue weighted by Gasteiger charge is -2.14. The number of hydrogen-bond donors (Lipinski definition) is 1. The Labute approximate surface area is 116 Å². The van der Waals surface area contributed by atoms with Gasteiger partial charge in [-0.2, -0.15) is 0 Å². The number of halogens is 1. The van der Waals surface area contributed by atoms with Crippen molar-refractivity contribution in [2.45, 2.75) is 19.3 Å². The van der Waals surface area contributed by atoms with Crippen LogP contribution in [0.1, 0.15) is 22.6 Å². The van der Waals surface area contributed by atoms with Crippen LogP contribution in [0.4, 0.5) is 0 Å². The molecule has 1 aromatic carbocycles. The van der Waals surface area contributed by atoms with Gasteiger partial charge in [0.25, 0.3) is 0 Å². The first-order valence-corrected chi connectivity index (χ1v) is 6.33. The highest BCUT2D eigenvalue weighted by Crippen LogP contribution is 2.27. The smallest absolute Gasteiger partial charge is 0.311 e. The lowest BCUT2D eigenvalue weighted by Crippen LogP contribution is -2.15. The Hall–Kier alpha value is -1.87. The van der Waals surface area contributed by atoms with E-state index < -0.39 is 11.9 Å². The van der Waals surface area contributed by atoms with Gasteiger partial charge in [-0.3, -0.25) is 9.78 Å². The third-order valence-corrected chi connectivity index (χ3v) is 3.35. The van der Waals surface area contributed by atoms with Crippen molar-refractivity contribution in [1.82, 2.24) is 4.98 Å². The van der Waals surface area contributed by atoms with Crippen molar-refractivity contribution in [3.63, 3.8) is 0 Å². The van der Waals surface area contributed by atoms with Crippen LogP contribution in [-0.2, 0) is 11.2 Å². The summed E-state index contributed by atoms with van der Waals surface area (Å²) in [6.07, 6.45) is 3.45. The SMILES string of the molecule is Cc1ccc(CC(C(=O)O)c2ccncc2Cl)cc1. The molecule has 1 atom stereocenters. The number of hydrogen-bond acceptors (Lipinski definition) is 2. The largest absolute Gasteiger partial charge is 0.481 e. The molecule has 0 radical (unpaired) electrons. The van der Waals surface area contributed by atoms with Gasteiger partial charge in [0.2, 0.25) is 0 Å². The van der Waals surface area contributed by atoms with Crippen LogP contribution in [0.3, 0.4) is 0 Å². The number of pyridine rings is 1. The number of carboxylic acid groups (broad SMARTS) is 1. The van der Waals surface area contributed by atoms with E-state index in [1.807, 2.05) is 31.2 Å². The van der Waals surface area contributed by atoms with E-state index in [-0.39, 0.29) is 0 Å². The molecule has 1 unspecified atom stereocenters. The molecule has 1 aromatic heterocycles. The molecule has 0 bridgehead atoms.